The van der Waals surface area contributed by atoms with Crippen LogP contribution in [0.3, 0.4) is 0 Å². The van der Waals surface area contributed by atoms with Crippen molar-refractivity contribution in [2.24, 2.45) is 0 Å². The number of nitrogens with zero attached hydrogens (tertiary/aromatic N) is 1. The van der Waals surface area contributed by atoms with Crippen LogP contribution in [0.2, 0.25) is 5.02 Å². The van der Waals surface area contributed by atoms with E-state index in [1.807, 2.05) is 18.2 Å². The normalized spacial score (nSPS) is 15.8. The summed E-state index contributed by atoms with van der Waals surface area (Å²) in [6.07, 6.45) is 0.483. The number of rotatable bonds is 6. The van der Waals surface area contributed by atoms with Gasteiger partial charge in [-0.1, -0.05) is 31.0 Å². The number of nitriles is 1. The standard InChI is InChI=1S/C20H17ClN2O4/c1-2-3-13-9-15(26-17-7-4-12(11-22)8-16(17)21)6-5-14(13)10-18-19(24)23-20(25)27-18/h4-9,18H,2-3,10H2,1H3,(H,23,24,25). The fraction of sp³-hybridized carbons (Fsp3) is 0.250. The minimum Gasteiger partial charge on any atom is -0.456 e. The van der Waals surface area contributed by atoms with Gasteiger partial charge in [0, 0.05) is 6.42 Å². The number of ether oxygens (including phenoxy) is 2. The largest absolute Gasteiger partial charge is 0.456 e. The first kappa shape index (κ1) is 18.7. The summed E-state index contributed by atoms with van der Waals surface area (Å²) in [5.74, 6) is 0.629. The van der Waals surface area contributed by atoms with E-state index in [0.717, 1.165) is 24.0 Å². The second-order valence-corrected chi connectivity index (χ2v) is 6.53. The highest BCUT2D eigenvalue weighted by atomic mass is 35.5. The van der Waals surface area contributed by atoms with E-state index in [2.05, 4.69) is 12.2 Å². The molecule has 0 saturated carbocycles. The average molecular weight is 385 g/mol. The highest BCUT2D eigenvalue weighted by Gasteiger charge is 2.32. The number of imide groups is 1. The molecule has 1 N–H and O–H groups in total. The van der Waals surface area contributed by atoms with E-state index < -0.39 is 18.1 Å². The van der Waals surface area contributed by atoms with Crippen LogP contribution in [0, 0.1) is 11.3 Å². The number of amides is 2. The Morgan fingerprint density at radius 2 is 2.04 bits per heavy atom. The van der Waals surface area contributed by atoms with Crippen molar-refractivity contribution in [2.75, 3.05) is 0 Å². The molecule has 0 aliphatic carbocycles. The molecule has 1 fully saturated rings. The van der Waals surface area contributed by atoms with Crippen molar-refractivity contribution in [3.8, 4) is 17.6 Å². The van der Waals surface area contributed by atoms with Crippen LogP contribution in [-0.4, -0.2) is 18.1 Å². The topological polar surface area (TPSA) is 88.4 Å². The van der Waals surface area contributed by atoms with Crippen molar-refractivity contribution in [2.45, 2.75) is 32.3 Å². The first-order valence-corrected chi connectivity index (χ1v) is 8.88. The fourth-order valence-electron chi connectivity index (χ4n) is 2.87. The van der Waals surface area contributed by atoms with Crippen LogP contribution in [0.5, 0.6) is 11.5 Å². The van der Waals surface area contributed by atoms with Crippen LogP contribution >= 0.6 is 11.6 Å². The molecule has 1 unspecified atom stereocenters. The van der Waals surface area contributed by atoms with Gasteiger partial charge in [0.2, 0.25) is 0 Å². The van der Waals surface area contributed by atoms with Gasteiger partial charge in [0.25, 0.3) is 5.91 Å². The zero-order chi connectivity index (χ0) is 19.4. The van der Waals surface area contributed by atoms with Gasteiger partial charge in [0.1, 0.15) is 11.5 Å². The lowest BCUT2D eigenvalue weighted by atomic mass is 9.98. The first-order chi connectivity index (χ1) is 13.0. The van der Waals surface area contributed by atoms with Gasteiger partial charge in [-0.25, -0.2) is 4.79 Å². The van der Waals surface area contributed by atoms with Crippen molar-refractivity contribution >= 4 is 23.6 Å². The molecule has 1 atom stereocenters. The third kappa shape index (κ3) is 4.39. The first-order valence-electron chi connectivity index (χ1n) is 8.51. The molecule has 2 aromatic carbocycles. The monoisotopic (exact) mass is 384 g/mol. The number of benzene rings is 2. The maximum atomic E-state index is 11.7. The number of cyclic esters (lactones) is 1. The molecule has 1 heterocycles. The summed E-state index contributed by atoms with van der Waals surface area (Å²) in [5, 5.41) is 11.4. The molecule has 1 aliphatic rings. The molecule has 7 heteroatoms. The number of carbonyl (C=O) groups is 2. The second-order valence-electron chi connectivity index (χ2n) is 6.13. The minimum atomic E-state index is -0.812. The molecular weight excluding hydrogens is 368 g/mol. The SMILES string of the molecule is CCCc1cc(Oc2ccc(C#N)cc2Cl)ccc1CC1OC(=O)NC1=O. The van der Waals surface area contributed by atoms with E-state index in [9.17, 15) is 9.59 Å². The Morgan fingerprint density at radius 3 is 2.67 bits per heavy atom. The Balaban J connectivity index is 1.82. The maximum Gasteiger partial charge on any atom is 0.414 e. The Labute approximate surface area is 161 Å². The Hall–Kier alpha value is -3.04. The molecule has 1 aliphatic heterocycles. The number of hydrogen-bond acceptors (Lipinski definition) is 5. The predicted octanol–water partition coefficient (Wildman–Crippen LogP) is 4.13. The van der Waals surface area contributed by atoms with E-state index in [-0.39, 0.29) is 0 Å². The molecule has 3 rings (SSSR count). The average Bonchev–Trinajstić information content (AvgIpc) is 2.96. The van der Waals surface area contributed by atoms with Gasteiger partial charge >= 0.3 is 6.09 Å². The number of halogens is 1. The van der Waals surface area contributed by atoms with Gasteiger partial charge in [0.05, 0.1) is 16.7 Å². The summed E-state index contributed by atoms with van der Waals surface area (Å²) >= 11 is 6.16. The maximum absolute atomic E-state index is 11.7. The summed E-state index contributed by atoms with van der Waals surface area (Å²) in [4.78, 5) is 22.9. The van der Waals surface area contributed by atoms with Gasteiger partial charge in [-0.3, -0.25) is 10.1 Å². The van der Waals surface area contributed by atoms with Gasteiger partial charge in [-0.2, -0.15) is 5.26 Å². The fourth-order valence-corrected chi connectivity index (χ4v) is 3.09. The van der Waals surface area contributed by atoms with Gasteiger partial charge in [0.15, 0.2) is 6.10 Å². The molecule has 2 amide bonds. The van der Waals surface area contributed by atoms with E-state index >= 15 is 0 Å². The third-order valence-electron chi connectivity index (χ3n) is 4.16. The predicted molar refractivity (Wildman–Crippen MR) is 98.8 cm³/mol. The van der Waals surface area contributed by atoms with E-state index in [1.54, 1.807) is 24.3 Å². The lowest BCUT2D eigenvalue weighted by molar-refractivity contribution is -0.123. The van der Waals surface area contributed by atoms with Gasteiger partial charge in [-0.15, -0.1) is 0 Å². The van der Waals surface area contributed by atoms with Crippen molar-refractivity contribution in [1.82, 2.24) is 5.32 Å². The molecule has 27 heavy (non-hydrogen) atoms. The number of hydrogen-bond donors (Lipinski definition) is 1. The highest BCUT2D eigenvalue weighted by Crippen LogP contribution is 2.31. The summed E-state index contributed by atoms with van der Waals surface area (Å²) in [6.45, 7) is 2.05. The summed E-state index contributed by atoms with van der Waals surface area (Å²) in [6, 6.07) is 12.4. The van der Waals surface area contributed by atoms with Crippen molar-refractivity contribution in [3.63, 3.8) is 0 Å². The number of carbonyl (C=O) groups excluding carboxylic acids is 2. The summed E-state index contributed by atoms with van der Waals surface area (Å²) in [5.41, 5.74) is 2.39. The number of aryl methyl sites for hydroxylation is 1. The van der Waals surface area contributed by atoms with E-state index in [0.29, 0.717) is 28.5 Å². The summed E-state index contributed by atoms with van der Waals surface area (Å²) < 4.78 is 10.9. The Bertz CT molecular complexity index is 936. The van der Waals surface area contributed by atoms with Crippen molar-refractivity contribution < 1.29 is 19.1 Å². The quantitative estimate of drug-likeness (QED) is 0.808. The molecule has 0 aromatic heterocycles. The minimum absolute atomic E-state index is 0.310. The smallest absolute Gasteiger partial charge is 0.414 e. The van der Waals surface area contributed by atoms with Gasteiger partial charge < -0.3 is 9.47 Å². The van der Waals surface area contributed by atoms with Crippen LogP contribution in [0.1, 0.15) is 30.0 Å². The van der Waals surface area contributed by atoms with Crippen LogP contribution in [0.4, 0.5) is 4.79 Å². The molecule has 1 saturated heterocycles. The van der Waals surface area contributed by atoms with E-state index in [4.69, 9.17) is 26.3 Å². The van der Waals surface area contributed by atoms with Crippen LogP contribution in [0.15, 0.2) is 36.4 Å². The molecule has 2 aromatic rings. The molecule has 0 bridgehead atoms. The molecule has 0 spiro atoms. The highest BCUT2D eigenvalue weighted by molar-refractivity contribution is 6.32. The second kappa shape index (κ2) is 8.11. The Morgan fingerprint density at radius 1 is 1.22 bits per heavy atom. The molecule has 0 radical (unpaired) electrons. The van der Waals surface area contributed by atoms with Gasteiger partial charge in [-0.05, 0) is 47.9 Å². The van der Waals surface area contributed by atoms with E-state index in [1.165, 1.54) is 0 Å². The third-order valence-corrected chi connectivity index (χ3v) is 4.45. The van der Waals surface area contributed by atoms with Crippen LogP contribution < -0.4 is 10.1 Å². The number of nitrogens with one attached hydrogen (secondary N) is 1. The van der Waals surface area contributed by atoms with Crippen molar-refractivity contribution in [1.29, 1.82) is 5.26 Å². The lowest BCUT2D eigenvalue weighted by Gasteiger charge is -2.14. The Kier molecular flexibility index (Phi) is 5.63. The zero-order valence-corrected chi connectivity index (χ0v) is 15.4. The lowest BCUT2D eigenvalue weighted by Crippen LogP contribution is -2.26. The van der Waals surface area contributed by atoms with Crippen molar-refractivity contribution in [3.05, 3.63) is 58.1 Å². The summed E-state index contributed by atoms with van der Waals surface area (Å²) in [7, 11) is 0. The number of alkyl carbamates (subject to hydrolysis) is 1. The van der Waals surface area contributed by atoms with Crippen LogP contribution in [0.25, 0.3) is 0 Å². The molecule has 6 nitrogen and oxygen atoms in total. The molecule has 138 valence electrons. The molecular formula is C20H17ClN2O4. The zero-order valence-electron chi connectivity index (χ0n) is 14.6. The van der Waals surface area contributed by atoms with Crippen LogP contribution in [-0.2, 0) is 22.4 Å².